The van der Waals surface area contributed by atoms with Crippen LogP contribution in [0.25, 0.3) is 10.1 Å². The third kappa shape index (κ3) is 2.15. The molecule has 0 unspecified atom stereocenters. The summed E-state index contributed by atoms with van der Waals surface area (Å²) in [6.07, 6.45) is 1.75. The van der Waals surface area contributed by atoms with E-state index in [1.54, 1.807) is 10.8 Å². The van der Waals surface area contributed by atoms with Gasteiger partial charge in [0.15, 0.2) is 0 Å². The van der Waals surface area contributed by atoms with E-state index in [9.17, 15) is 9.59 Å². The van der Waals surface area contributed by atoms with Crippen molar-refractivity contribution in [1.29, 1.82) is 0 Å². The van der Waals surface area contributed by atoms with Crippen LogP contribution < -0.4 is 16.8 Å². The van der Waals surface area contributed by atoms with Gasteiger partial charge in [0.2, 0.25) is 0 Å². The Morgan fingerprint density at radius 2 is 2.05 bits per heavy atom. The minimum atomic E-state index is -0.334. The highest BCUT2D eigenvalue weighted by Crippen LogP contribution is 2.19. The predicted molar refractivity (Wildman–Crippen MR) is 81.2 cm³/mol. The number of fused-ring (bicyclic) bond motifs is 1. The molecule has 0 saturated heterocycles. The van der Waals surface area contributed by atoms with Crippen molar-refractivity contribution < 1.29 is 4.79 Å². The SMILES string of the molecule is NNC(=O)c1sccc1Cn1ccc2sccc2c1=O. The van der Waals surface area contributed by atoms with Gasteiger partial charge in [0.1, 0.15) is 0 Å². The van der Waals surface area contributed by atoms with E-state index in [0.717, 1.165) is 10.3 Å². The highest BCUT2D eigenvalue weighted by Gasteiger charge is 2.13. The molecule has 0 atom stereocenters. The molecule has 3 aromatic heterocycles. The molecule has 5 nitrogen and oxygen atoms in total. The number of nitrogens with zero attached hydrogens (tertiary/aromatic N) is 1. The normalized spacial score (nSPS) is 10.8. The maximum atomic E-state index is 12.3. The van der Waals surface area contributed by atoms with Crippen LogP contribution >= 0.6 is 22.7 Å². The largest absolute Gasteiger partial charge is 0.310 e. The standard InChI is InChI=1S/C13H11N3O2S2/c14-15-12(17)11-8(2-5-20-11)7-16-4-1-10-9(13(16)18)3-6-19-10/h1-6H,7,14H2,(H,15,17). The Kier molecular flexibility index (Phi) is 3.39. The van der Waals surface area contributed by atoms with Crippen LogP contribution in [0.5, 0.6) is 0 Å². The number of nitrogen functional groups attached to an aromatic ring is 1. The zero-order valence-corrected chi connectivity index (χ0v) is 12.0. The number of thiophene rings is 2. The summed E-state index contributed by atoms with van der Waals surface area (Å²) in [5.74, 6) is 4.82. The van der Waals surface area contributed by atoms with Gasteiger partial charge in [-0.05, 0) is 34.5 Å². The number of hydrazine groups is 1. The third-order valence-corrected chi connectivity index (χ3v) is 4.85. The van der Waals surface area contributed by atoms with Crippen molar-refractivity contribution in [3.63, 3.8) is 0 Å². The number of carbonyl (C=O) groups excluding carboxylic acids is 1. The summed E-state index contributed by atoms with van der Waals surface area (Å²) in [7, 11) is 0. The molecule has 0 saturated carbocycles. The summed E-state index contributed by atoms with van der Waals surface area (Å²) in [5, 5.41) is 4.42. The summed E-state index contributed by atoms with van der Waals surface area (Å²) in [4.78, 5) is 24.5. The minimum Gasteiger partial charge on any atom is -0.310 e. The van der Waals surface area contributed by atoms with Gasteiger partial charge in [0, 0.05) is 10.9 Å². The maximum absolute atomic E-state index is 12.3. The zero-order valence-electron chi connectivity index (χ0n) is 10.3. The molecule has 0 aliphatic heterocycles. The van der Waals surface area contributed by atoms with Crippen LogP contribution in [0.1, 0.15) is 15.2 Å². The van der Waals surface area contributed by atoms with Gasteiger partial charge in [-0.25, -0.2) is 5.84 Å². The number of nitrogens with two attached hydrogens (primary N) is 1. The Balaban J connectivity index is 2.02. The number of nitrogens with one attached hydrogen (secondary N) is 1. The molecule has 0 bridgehead atoms. The molecule has 0 spiro atoms. The first kappa shape index (κ1) is 13.0. The molecule has 3 rings (SSSR count). The second-order valence-corrected chi connectivity index (χ2v) is 6.06. The highest BCUT2D eigenvalue weighted by atomic mass is 32.1. The second kappa shape index (κ2) is 5.20. The quantitative estimate of drug-likeness (QED) is 0.440. The van der Waals surface area contributed by atoms with Crippen LogP contribution in [0.3, 0.4) is 0 Å². The van der Waals surface area contributed by atoms with E-state index in [2.05, 4.69) is 5.43 Å². The summed E-state index contributed by atoms with van der Waals surface area (Å²) < 4.78 is 2.57. The van der Waals surface area contributed by atoms with Crippen molar-refractivity contribution in [2.75, 3.05) is 0 Å². The zero-order chi connectivity index (χ0) is 14.1. The minimum absolute atomic E-state index is 0.0472. The van der Waals surface area contributed by atoms with Crippen molar-refractivity contribution in [3.05, 3.63) is 56.0 Å². The van der Waals surface area contributed by atoms with Gasteiger partial charge in [-0.2, -0.15) is 0 Å². The number of carbonyl (C=O) groups is 1. The van der Waals surface area contributed by atoms with Crippen LogP contribution in [0.15, 0.2) is 40.0 Å². The Morgan fingerprint density at radius 1 is 1.25 bits per heavy atom. The third-order valence-electron chi connectivity index (χ3n) is 3.02. The average molecular weight is 305 g/mol. The lowest BCUT2D eigenvalue weighted by Gasteiger charge is -2.06. The highest BCUT2D eigenvalue weighted by molar-refractivity contribution is 7.17. The Labute approximate surface area is 122 Å². The van der Waals surface area contributed by atoms with E-state index in [-0.39, 0.29) is 11.5 Å². The van der Waals surface area contributed by atoms with E-state index in [0.29, 0.717) is 16.8 Å². The fourth-order valence-corrected chi connectivity index (χ4v) is 3.63. The molecule has 20 heavy (non-hydrogen) atoms. The first-order chi connectivity index (χ1) is 9.70. The van der Waals surface area contributed by atoms with Crippen LogP contribution in [0.2, 0.25) is 0 Å². The molecule has 0 aromatic carbocycles. The van der Waals surface area contributed by atoms with Crippen LogP contribution in [-0.4, -0.2) is 10.5 Å². The summed E-state index contributed by atoms with van der Waals surface area (Å²) in [6.45, 7) is 0.358. The number of hydrogen-bond donors (Lipinski definition) is 2. The lowest BCUT2D eigenvalue weighted by molar-refractivity contribution is 0.0957. The molecule has 0 radical (unpaired) electrons. The van der Waals surface area contributed by atoms with Gasteiger partial charge in [0.25, 0.3) is 11.5 Å². The average Bonchev–Trinajstić information content (AvgIpc) is 3.10. The molecule has 0 fully saturated rings. The van der Waals surface area contributed by atoms with Crippen molar-refractivity contribution >= 4 is 38.7 Å². The summed E-state index contributed by atoms with van der Waals surface area (Å²) >= 11 is 2.85. The van der Waals surface area contributed by atoms with E-state index in [1.807, 2.05) is 29.0 Å². The van der Waals surface area contributed by atoms with Crippen molar-refractivity contribution in [1.82, 2.24) is 9.99 Å². The molecule has 3 N–H and O–H groups in total. The van der Waals surface area contributed by atoms with E-state index < -0.39 is 0 Å². The summed E-state index contributed by atoms with van der Waals surface area (Å²) in [5.41, 5.74) is 2.86. The van der Waals surface area contributed by atoms with Gasteiger partial charge >= 0.3 is 0 Å². The topological polar surface area (TPSA) is 77.1 Å². The molecule has 102 valence electrons. The smallest absolute Gasteiger partial charge is 0.275 e. The number of aromatic nitrogens is 1. The van der Waals surface area contributed by atoms with Crippen LogP contribution in [-0.2, 0) is 6.54 Å². The van der Waals surface area contributed by atoms with E-state index in [4.69, 9.17) is 5.84 Å². The first-order valence-corrected chi connectivity index (χ1v) is 7.60. The molecular weight excluding hydrogens is 294 g/mol. The monoisotopic (exact) mass is 305 g/mol. The van der Waals surface area contributed by atoms with E-state index >= 15 is 0 Å². The maximum Gasteiger partial charge on any atom is 0.275 e. The molecule has 1 amide bonds. The van der Waals surface area contributed by atoms with Gasteiger partial charge in [-0.15, -0.1) is 22.7 Å². The lowest BCUT2D eigenvalue weighted by Crippen LogP contribution is -2.30. The van der Waals surface area contributed by atoms with Crippen molar-refractivity contribution in [2.45, 2.75) is 6.54 Å². The fraction of sp³-hybridized carbons (Fsp3) is 0.0769. The van der Waals surface area contributed by atoms with Crippen LogP contribution in [0, 0.1) is 0 Å². The number of pyridine rings is 1. The Morgan fingerprint density at radius 3 is 2.85 bits per heavy atom. The molecule has 3 aromatic rings. The van der Waals surface area contributed by atoms with Gasteiger partial charge < -0.3 is 4.57 Å². The Hall–Kier alpha value is -1.96. The van der Waals surface area contributed by atoms with Crippen molar-refractivity contribution in [3.8, 4) is 0 Å². The van der Waals surface area contributed by atoms with Crippen molar-refractivity contribution in [2.24, 2.45) is 5.84 Å². The molecular formula is C13H11N3O2S2. The van der Waals surface area contributed by atoms with Gasteiger partial charge in [-0.3, -0.25) is 15.0 Å². The molecule has 0 aliphatic carbocycles. The predicted octanol–water partition coefficient (Wildman–Crippen LogP) is 1.78. The van der Waals surface area contributed by atoms with Gasteiger partial charge in [-0.1, -0.05) is 0 Å². The number of hydrogen-bond acceptors (Lipinski definition) is 5. The molecule has 0 aliphatic rings. The number of amides is 1. The van der Waals surface area contributed by atoms with Gasteiger partial charge in [0.05, 0.1) is 16.8 Å². The molecule has 3 heterocycles. The second-order valence-electron chi connectivity index (χ2n) is 4.20. The lowest BCUT2D eigenvalue weighted by atomic mass is 10.2. The number of rotatable bonds is 3. The summed E-state index contributed by atoms with van der Waals surface area (Å²) in [6, 6.07) is 5.57. The Bertz CT molecular complexity index is 831. The fourth-order valence-electron chi connectivity index (χ4n) is 2.04. The van der Waals surface area contributed by atoms with Crippen LogP contribution in [0.4, 0.5) is 0 Å². The first-order valence-electron chi connectivity index (χ1n) is 5.84. The van der Waals surface area contributed by atoms with E-state index in [1.165, 1.54) is 22.7 Å². The molecule has 7 heteroatoms.